The number of thioether (sulfide) groups is 1. The lowest BCUT2D eigenvalue weighted by molar-refractivity contribution is 0.641. The molecule has 4 nitrogen and oxygen atoms in total. The van der Waals surface area contributed by atoms with E-state index in [-0.39, 0.29) is 10.8 Å². The molecule has 0 saturated carbocycles. The Morgan fingerprint density at radius 2 is 2.20 bits per heavy atom. The van der Waals surface area contributed by atoms with Gasteiger partial charge in [0.05, 0.1) is 0 Å². The molecular weight excluding hydrogens is 208 g/mol. The van der Waals surface area contributed by atoms with E-state index in [0.29, 0.717) is 0 Å². The minimum Gasteiger partial charge on any atom is -0.327 e. The molecule has 1 aromatic rings. The second-order valence-corrected chi connectivity index (χ2v) is 6.53. The Kier molecular flexibility index (Phi) is 4.16. The number of rotatable bonds is 4. The third kappa shape index (κ3) is 4.66. The largest absolute Gasteiger partial charge is 0.327 e. The van der Waals surface area contributed by atoms with Crippen LogP contribution in [-0.4, -0.2) is 31.3 Å². The van der Waals surface area contributed by atoms with Crippen LogP contribution in [0.25, 0.3) is 0 Å². The van der Waals surface area contributed by atoms with Gasteiger partial charge < -0.3 is 5.73 Å². The molecule has 86 valence electrons. The average Bonchev–Trinajstić information content (AvgIpc) is 2.47. The standard InChI is InChI=1S/C10H20N4S/c1-10(2,3)15-6-8(11)5-9-12-7-13-14(9)4/h7-8H,5-6,11H2,1-4H3. The summed E-state index contributed by atoms with van der Waals surface area (Å²) >= 11 is 1.89. The van der Waals surface area contributed by atoms with E-state index < -0.39 is 0 Å². The van der Waals surface area contributed by atoms with Crippen LogP contribution in [0.4, 0.5) is 0 Å². The van der Waals surface area contributed by atoms with Crippen LogP contribution in [-0.2, 0) is 13.5 Å². The Morgan fingerprint density at radius 1 is 1.53 bits per heavy atom. The van der Waals surface area contributed by atoms with Crippen LogP contribution in [0, 0.1) is 0 Å². The number of hydrogen-bond acceptors (Lipinski definition) is 4. The zero-order chi connectivity index (χ0) is 11.5. The SMILES string of the molecule is Cn1ncnc1CC(N)CSC(C)(C)C. The highest BCUT2D eigenvalue weighted by Gasteiger charge is 2.14. The lowest BCUT2D eigenvalue weighted by atomic mass is 10.2. The van der Waals surface area contributed by atoms with Crippen molar-refractivity contribution in [2.24, 2.45) is 12.8 Å². The van der Waals surface area contributed by atoms with Gasteiger partial charge in [0.2, 0.25) is 0 Å². The summed E-state index contributed by atoms with van der Waals surface area (Å²) in [5.74, 6) is 1.91. The van der Waals surface area contributed by atoms with Gasteiger partial charge in [0.15, 0.2) is 0 Å². The van der Waals surface area contributed by atoms with Gasteiger partial charge in [-0.2, -0.15) is 16.9 Å². The van der Waals surface area contributed by atoms with Crippen LogP contribution in [0.3, 0.4) is 0 Å². The molecule has 0 radical (unpaired) electrons. The van der Waals surface area contributed by atoms with Gasteiger partial charge in [0.1, 0.15) is 12.2 Å². The molecule has 1 unspecified atom stereocenters. The first-order valence-electron chi connectivity index (χ1n) is 5.11. The van der Waals surface area contributed by atoms with E-state index in [4.69, 9.17) is 5.73 Å². The van der Waals surface area contributed by atoms with Crippen molar-refractivity contribution in [1.29, 1.82) is 0 Å². The Bertz CT molecular complexity index is 303. The van der Waals surface area contributed by atoms with Gasteiger partial charge in [0, 0.05) is 30.0 Å². The lowest BCUT2D eigenvalue weighted by Gasteiger charge is -2.20. The van der Waals surface area contributed by atoms with Crippen molar-refractivity contribution >= 4 is 11.8 Å². The van der Waals surface area contributed by atoms with Crippen molar-refractivity contribution in [3.05, 3.63) is 12.2 Å². The summed E-state index contributed by atoms with van der Waals surface area (Å²) in [7, 11) is 1.89. The highest BCUT2D eigenvalue weighted by Crippen LogP contribution is 2.23. The molecule has 2 N–H and O–H groups in total. The molecule has 5 heteroatoms. The summed E-state index contributed by atoms with van der Waals surface area (Å²) in [5.41, 5.74) is 6.04. The van der Waals surface area contributed by atoms with Crippen LogP contribution in [0.1, 0.15) is 26.6 Å². The highest BCUT2D eigenvalue weighted by molar-refractivity contribution is 8.00. The fourth-order valence-corrected chi connectivity index (χ4v) is 1.99. The van der Waals surface area contributed by atoms with Gasteiger partial charge >= 0.3 is 0 Å². The summed E-state index contributed by atoms with van der Waals surface area (Å²) in [6.07, 6.45) is 2.36. The molecule has 0 saturated heterocycles. The van der Waals surface area contributed by atoms with Crippen molar-refractivity contribution < 1.29 is 0 Å². The van der Waals surface area contributed by atoms with E-state index >= 15 is 0 Å². The molecular formula is C10H20N4S. The maximum Gasteiger partial charge on any atom is 0.138 e. The second kappa shape index (κ2) is 4.99. The lowest BCUT2D eigenvalue weighted by Crippen LogP contribution is -2.29. The predicted octanol–water partition coefficient (Wildman–Crippen LogP) is 1.22. The first-order chi connectivity index (χ1) is 6.88. The van der Waals surface area contributed by atoms with Crippen LogP contribution >= 0.6 is 11.8 Å². The van der Waals surface area contributed by atoms with Crippen molar-refractivity contribution in [3.8, 4) is 0 Å². The van der Waals surface area contributed by atoms with Crippen LogP contribution in [0.5, 0.6) is 0 Å². The highest BCUT2D eigenvalue weighted by atomic mass is 32.2. The number of aryl methyl sites for hydroxylation is 1. The molecule has 0 bridgehead atoms. The van der Waals surface area contributed by atoms with Gasteiger partial charge in [-0.15, -0.1) is 0 Å². The Labute approximate surface area is 95.6 Å². The smallest absolute Gasteiger partial charge is 0.138 e. The molecule has 1 aromatic heterocycles. The van der Waals surface area contributed by atoms with E-state index in [1.54, 1.807) is 11.0 Å². The summed E-state index contributed by atoms with van der Waals surface area (Å²) in [5, 5.41) is 4.02. The summed E-state index contributed by atoms with van der Waals surface area (Å²) in [4.78, 5) is 4.16. The molecule has 1 atom stereocenters. The summed E-state index contributed by atoms with van der Waals surface area (Å²) in [6.45, 7) is 6.60. The molecule has 0 aliphatic rings. The molecule has 1 rings (SSSR count). The monoisotopic (exact) mass is 228 g/mol. The fraction of sp³-hybridized carbons (Fsp3) is 0.800. The van der Waals surface area contributed by atoms with Gasteiger partial charge in [-0.1, -0.05) is 20.8 Å². The third-order valence-corrected chi connectivity index (χ3v) is 3.44. The maximum absolute atomic E-state index is 6.04. The van der Waals surface area contributed by atoms with Gasteiger partial charge in [-0.3, -0.25) is 4.68 Å². The Morgan fingerprint density at radius 3 is 2.67 bits per heavy atom. The minimum absolute atomic E-state index is 0.150. The molecule has 0 spiro atoms. The fourth-order valence-electron chi connectivity index (χ4n) is 1.16. The first kappa shape index (κ1) is 12.5. The quantitative estimate of drug-likeness (QED) is 0.842. The van der Waals surface area contributed by atoms with E-state index in [0.717, 1.165) is 18.0 Å². The third-order valence-electron chi connectivity index (χ3n) is 1.98. The summed E-state index contributed by atoms with van der Waals surface area (Å²) in [6, 6.07) is 0.150. The molecule has 1 heterocycles. The molecule has 0 aliphatic carbocycles. The zero-order valence-corrected chi connectivity index (χ0v) is 10.7. The zero-order valence-electron chi connectivity index (χ0n) is 9.90. The number of aromatic nitrogens is 3. The van der Waals surface area contributed by atoms with Crippen molar-refractivity contribution in [2.75, 3.05) is 5.75 Å². The van der Waals surface area contributed by atoms with Gasteiger partial charge in [-0.05, 0) is 0 Å². The number of hydrogen-bond donors (Lipinski definition) is 1. The maximum atomic E-state index is 6.04. The van der Waals surface area contributed by atoms with Gasteiger partial charge in [0.25, 0.3) is 0 Å². The van der Waals surface area contributed by atoms with Crippen molar-refractivity contribution in [2.45, 2.75) is 38.0 Å². The Hall–Kier alpha value is -0.550. The van der Waals surface area contributed by atoms with Crippen molar-refractivity contribution in [1.82, 2.24) is 14.8 Å². The topological polar surface area (TPSA) is 56.7 Å². The first-order valence-corrected chi connectivity index (χ1v) is 6.09. The summed E-state index contributed by atoms with van der Waals surface area (Å²) < 4.78 is 2.05. The molecule has 0 fully saturated rings. The average molecular weight is 228 g/mol. The molecule has 0 aromatic carbocycles. The molecule has 15 heavy (non-hydrogen) atoms. The van der Waals surface area contributed by atoms with Crippen molar-refractivity contribution in [3.63, 3.8) is 0 Å². The second-order valence-electron chi connectivity index (χ2n) is 4.69. The Balaban J connectivity index is 2.37. The minimum atomic E-state index is 0.150. The van der Waals surface area contributed by atoms with E-state index in [1.807, 2.05) is 18.8 Å². The van der Waals surface area contributed by atoms with Crippen LogP contribution < -0.4 is 5.73 Å². The molecule has 0 amide bonds. The van der Waals surface area contributed by atoms with E-state index in [1.165, 1.54) is 0 Å². The predicted molar refractivity (Wildman–Crippen MR) is 64.9 cm³/mol. The molecule has 0 aliphatic heterocycles. The normalized spacial score (nSPS) is 14.2. The number of nitrogens with two attached hydrogens (primary N) is 1. The van der Waals surface area contributed by atoms with E-state index in [9.17, 15) is 0 Å². The van der Waals surface area contributed by atoms with Crippen LogP contribution in [0.2, 0.25) is 0 Å². The number of nitrogens with zero attached hydrogens (tertiary/aromatic N) is 3. The van der Waals surface area contributed by atoms with E-state index in [2.05, 4.69) is 30.9 Å². The van der Waals surface area contributed by atoms with Crippen LogP contribution in [0.15, 0.2) is 6.33 Å². The van der Waals surface area contributed by atoms with Gasteiger partial charge in [-0.25, -0.2) is 4.98 Å².